The quantitative estimate of drug-likeness (QED) is 0.547. The van der Waals surface area contributed by atoms with Gasteiger partial charge in [-0.2, -0.15) is 11.8 Å². The van der Waals surface area contributed by atoms with Crippen molar-refractivity contribution in [1.29, 1.82) is 0 Å². The SMILES string of the molecule is CSCCC(NC(=O)C(=Cc1ccc(F)cc1)NC(=O)c1ccccc1)C(=O)O. The molecule has 0 fully saturated rings. The predicted octanol–water partition coefficient (Wildman–Crippen LogP) is 2.92. The van der Waals surface area contributed by atoms with Crippen LogP contribution in [-0.2, 0) is 9.59 Å². The summed E-state index contributed by atoms with van der Waals surface area (Å²) in [7, 11) is 0. The number of carbonyl (C=O) groups excluding carboxylic acids is 2. The average Bonchev–Trinajstić information content (AvgIpc) is 2.72. The van der Waals surface area contributed by atoms with Crippen LogP contribution in [0.2, 0.25) is 0 Å². The second-order valence-corrected chi connectivity index (χ2v) is 7.06. The number of thioether (sulfide) groups is 1. The predicted molar refractivity (Wildman–Crippen MR) is 111 cm³/mol. The Morgan fingerprint density at radius 2 is 1.76 bits per heavy atom. The number of hydrogen-bond acceptors (Lipinski definition) is 4. The Labute approximate surface area is 172 Å². The summed E-state index contributed by atoms with van der Waals surface area (Å²) < 4.78 is 13.2. The molecule has 2 amide bonds. The lowest BCUT2D eigenvalue weighted by Crippen LogP contribution is -2.44. The maximum atomic E-state index is 13.2. The Kier molecular flexibility index (Phi) is 8.42. The van der Waals surface area contributed by atoms with E-state index in [0.29, 0.717) is 16.9 Å². The normalized spacial score (nSPS) is 12.1. The van der Waals surface area contributed by atoms with E-state index in [1.54, 1.807) is 30.3 Å². The number of carbonyl (C=O) groups is 3. The van der Waals surface area contributed by atoms with Gasteiger partial charge in [0, 0.05) is 5.56 Å². The van der Waals surface area contributed by atoms with E-state index in [2.05, 4.69) is 10.6 Å². The molecule has 0 saturated heterocycles. The van der Waals surface area contributed by atoms with Crippen molar-refractivity contribution in [2.24, 2.45) is 0 Å². The molecule has 0 spiro atoms. The Hall–Kier alpha value is -3.13. The maximum Gasteiger partial charge on any atom is 0.326 e. The number of nitrogens with one attached hydrogen (secondary N) is 2. The van der Waals surface area contributed by atoms with Crippen molar-refractivity contribution in [3.05, 3.63) is 77.2 Å². The van der Waals surface area contributed by atoms with Gasteiger partial charge in [0.25, 0.3) is 11.8 Å². The van der Waals surface area contributed by atoms with Crippen LogP contribution >= 0.6 is 11.8 Å². The van der Waals surface area contributed by atoms with Crippen molar-refractivity contribution < 1.29 is 23.9 Å². The lowest BCUT2D eigenvalue weighted by atomic mass is 10.1. The summed E-state index contributed by atoms with van der Waals surface area (Å²) in [5.41, 5.74) is 0.671. The first kappa shape index (κ1) is 22.2. The van der Waals surface area contributed by atoms with Crippen molar-refractivity contribution in [3.63, 3.8) is 0 Å². The average molecular weight is 416 g/mol. The molecule has 0 aliphatic heterocycles. The number of hydrogen-bond donors (Lipinski definition) is 3. The monoisotopic (exact) mass is 416 g/mol. The van der Waals surface area contributed by atoms with Gasteiger partial charge in [-0.15, -0.1) is 0 Å². The minimum Gasteiger partial charge on any atom is -0.480 e. The van der Waals surface area contributed by atoms with E-state index in [4.69, 9.17) is 0 Å². The Morgan fingerprint density at radius 3 is 2.34 bits per heavy atom. The van der Waals surface area contributed by atoms with E-state index < -0.39 is 29.6 Å². The largest absolute Gasteiger partial charge is 0.480 e. The van der Waals surface area contributed by atoms with Gasteiger partial charge in [-0.1, -0.05) is 30.3 Å². The zero-order valence-corrected chi connectivity index (χ0v) is 16.5. The first-order chi connectivity index (χ1) is 13.9. The Morgan fingerprint density at radius 1 is 1.10 bits per heavy atom. The van der Waals surface area contributed by atoms with E-state index in [1.165, 1.54) is 42.1 Å². The van der Waals surface area contributed by atoms with Gasteiger partial charge in [-0.25, -0.2) is 9.18 Å². The first-order valence-corrected chi connectivity index (χ1v) is 10.2. The van der Waals surface area contributed by atoms with Crippen LogP contribution in [0, 0.1) is 5.82 Å². The Balaban J connectivity index is 2.27. The molecule has 0 saturated carbocycles. The number of carboxylic acid groups (broad SMARTS) is 1. The summed E-state index contributed by atoms with van der Waals surface area (Å²) in [4.78, 5) is 36.6. The third kappa shape index (κ3) is 7.08. The van der Waals surface area contributed by atoms with Gasteiger partial charge >= 0.3 is 5.97 Å². The third-order valence-electron chi connectivity index (χ3n) is 3.92. The van der Waals surface area contributed by atoms with Crippen LogP contribution in [0.3, 0.4) is 0 Å². The van der Waals surface area contributed by atoms with Crippen LogP contribution in [0.15, 0.2) is 60.3 Å². The highest BCUT2D eigenvalue weighted by atomic mass is 32.2. The van der Waals surface area contributed by atoms with E-state index in [-0.39, 0.29) is 12.1 Å². The van der Waals surface area contributed by atoms with Gasteiger partial charge in [0.1, 0.15) is 17.6 Å². The second-order valence-electron chi connectivity index (χ2n) is 6.08. The highest BCUT2D eigenvalue weighted by Crippen LogP contribution is 2.10. The van der Waals surface area contributed by atoms with Crippen molar-refractivity contribution in [2.75, 3.05) is 12.0 Å². The minimum absolute atomic E-state index is 0.138. The summed E-state index contributed by atoms with van der Waals surface area (Å²) in [6.07, 6.45) is 3.43. The van der Waals surface area contributed by atoms with Gasteiger partial charge in [-0.3, -0.25) is 9.59 Å². The van der Waals surface area contributed by atoms with Gasteiger partial charge < -0.3 is 15.7 Å². The standard InChI is InChI=1S/C21H21FN2O4S/c1-29-12-11-17(21(27)28)23-20(26)18(13-14-7-9-16(22)10-8-14)24-19(25)15-5-3-2-4-6-15/h2-10,13,17H,11-12H2,1H3,(H,23,26)(H,24,25)(H,27,28). The fourth-order valence-electron chi connectivity index (χ4n) is 2.40. The second kappa shape index (κ2) is 11.0. The van der Waals surface area contributed by atoms with Crippen LogP contribution < -0.4 is 10.6 Å². The highest BCUT2D eigenvalue weighted by molar-refractivity contribution is 7.98. The molecule has 0 bridgehead atoms. The molecule has 1 atom stereocenters. The number of carboxylic acids is 1. The van der Waals surface area contributed by atoms with Gasteiger partial charge in [0.05, 0.1) is 0 Å². The molecule has 152 valence electrons. The van der Waals surface area contributed by atoms with Gasteiger partial charge in [0.2, 0.25) is 0 Å². The first-order valence-electron chi connectivity index (χ1n) is 8.77. The number of rotatable bonds is 9. The molecule has 0 aliphatic carbocycles. The van der Waals surface area contributed by atoms with Gasteiger partial charge in [0.15, 0.2) is 0 Å². The summed E-state index contributed by atoms with van der Waals surface area (Å²) in [6.45, 7) is 0. The van der Waals surface area contributed by atoms with Crippen molar-refractivity contribution in [2.45, 2.75) is 12.5 Å². The van der Waals surface area contributed by atoms with Crippen LogP contribution in [0.5, 0.6) is 0 Å². The molecule has 29 heavy (non-hydrogen) atoms. The third-order valence-corrected chi connectivity index (χ3v) is 4.57. The molecule has 0 aliphatic rings. The highest BCUT2D eigenvalue weighted by Gasteiger charge is 2.22. The fourth-order valence-corrected chi connectivity index (χ4v) is 2.87. The number of benzene rings is 2. The smallest absolute Gasteiger partial charge is 0.326 e. The van der Waals surface area contributed by atoms with Crippen molar-refractivity contribution >= 4 is 35.6 Å². The molecular formula is C21H21FN2O4S. The lowest BCUT2D eigenvalue weighted by molar-refractivity contribution is -0.141. The number of aliphatic carboxylic acids is 1. The zero-order chi connectivity index (χ0) is 21.2. The number of halogens is 1. The fraction of sp³-hybridized carbons (Fsp3) is 0.190. The molecule has 2 rings (SSSR count). The summed E-state index contributed by atoms with van der Waals surface area (Å²) in [5, 5.41) is 14.3. The van der Waals surface area contributed by atoms with Crippen LogP contribution in [-0.4, -0.2) is 40.9 Å². The number of amides is 2. The summed E-state index contributed by atoms with van der Waals surface area (Å²) in [6, 6.07) is 12.5. The molecule has 0 heterocycles. The molecule has 1 unspecified atom stereocenters. The van der Waals surface area contributed by atoms with E-state index in [1.807, 2.05) is 6.26 Å². The van der Waals surface area contributed by atoms with E-state index >= 15 is 0 Å². The Bertz CT molecular complexity index is 885. The maximum absolute atomic E-state index is 13.2. The summed E-state index contributed by atoms with van der Waals surface area (Å²) in [5.74, 6) is -2.32. The minimum atomic E-state index is -1.16. The van der Waals surface area contributed by atoms with Crippen LogP contribution in [0.1, 0.15) is 22.3 Å². The molecule has 3 N–H and O–H groups in total. The van der Waals surface area contributed by atoms with Crippen molar-refractivity contribution in [1.82, 2.24) is 10.6 Å². The van der Waals surface area contributed by atoms with Crippen LogP contribution in [0.4, 0.5) is 4.39 Å². The van der Waals surface area contributed by atoms with E-state index in [0.717, 1.165) is 0 Å². The lowest BCUT2D eigenvalue weighted by Gasteiger charge is -2.16. The molecule has 8 heteroatoms. The van der Waals surface area contributed by atoms with Crippen molar-refractivity contribution in [3.8, 4) is 0 Å². The molecule has 2 aromatic rings. The van der Waals surface area contributed by atoms with Gasteiger partial charge in [-0.05, 0) is 54.3 Å². The van der Waals surface area contributed by atoms with E-state index in [9.17, 15) is 23.9 Å². The molecular weight excluding hydrogens is 395 g/mol. The molecule has 0 aromatic heterocycles. The summed E-state index contributed by atoms with van der Waals surface area (Å²) >= 11 is 1.46. The molecule has 2 aromatic carbocycles. The van der Waals surface area contributed by atoms with Crippen LogP contribution in [0.25, 0.3) is 6.08 Å². The molecule has 0 radical (unpaired) electrons. The molecule has 6 nitrogen and oxygen atoms in total. The topological polar surface area (TPSA) is 95.5 Å². The zero-order valence-electron chi connectivity index (χ0n) is 15.7.